The minimum Gasteiger partial charge on any atom is -0.478 e. The molecule has 0 fully saturated rings. The van der Waals surface area contributed by atoms with E-state index in [1.165, 1.54) is 6.08 Å². The number of aryl methyl sites for hydroxylation is 1. The fourth-order valence-corrected chi connectivity index (χ4v) is 1.51. The van der Waals surface area contributed by atoms with Crippen molar-refractivity contribution in [3.8, 4) is 0 Å². The topological polar surface area (TPSA) is 54.4 Å². The zero-order valence-electron chi connectivity index (χ0n) is 9.44. The van der Waals surface area contributed by atoms with Crippen molar-refractivity contribution in [2.24, 2.45) is 0 Å². The highest BCUT2D eigenvalue weighted by Crippen LogP contribution is 2.14. The molecule has 1 aromatic carbocycles. The van der Waals surface area contributed by atoms with Crippen LogP contribution in [-0.4, -0.2) is 22.7 Å². The summed E-state index contributed by atoms with van der Waals surface area (Å²) in [7, 11) is 0. The van der Waals surface area contributed by atoms with Crippen molar-refractivity contribution in [2.75, 3.05) is 5.88 Å². The minimum absolute atomic E-state index is 0.00532. The molecule has 1 N–H and O–H groups in total. The molecule has 0 spiro atoms. The van der Waals surface area contributed by atoms with Gasteiger partial charge in [-0.2, -0.15) is 0 Å². The molecule has 0 heterocycles. The molecule has 0 atom stereocenters. The van der Waals surface area contributed by atoms with Crippen LogP contribution in [0.3, 0.4) is 0 Å². The van der Waals surface area contributed by atoms with Crippen molar-refractivity contribution in [3.05, 3.63) is 41.0 Å². The van der Waals surface area contributed by atoms with Crippen LogP contribution >= 0.6 is 11.6 Å². The first-order chi connectivity index (χ1) is 8.02. The summed E-state index contributed by atoms with van der Waals surface area (Å²) in [5.74, 6) is -1.05. The van der Waals surface area contributed by atoms with Gasteiger partial charge in [-0.25, -0.2) is 4.79 Å². The van der Waals surface area contributed by atoms with Gasteiger partial charge in [0.05, 0.1) is 5.88 Å². The van der Waals surface area contributed by atoms with Crippen LogP contribution in [0, 0.1) is 6.92 Å². The summed E-state index contributed by atoms with van der Waals surface area (Å²) in [4.78, 5) is 21.7. The number of carbonyl (C=O) groups excluding carboxylic acids is 1. The molecule has 0 unspecified atom stereocenters. The quantitative estimate of drug-likeness (QED) is 0.647. The van der Waals surface area contributed by atoms with Gasteiger partial charge in [0.25, 0.3) is 0 Å². The molecule has 0 aromatic heterocycles. The summed E-state index contributed by atoms with van der Waals surface area (Å²) in [6, 6.07) is 5.47. The average Bonchev–Trinajstić information content (AvgIpc) is 2.29. The Bertz CT molecular complexity index is 464. The largest absolute Gasteiger partial charge is 0.478 e. The molecule has 0 bridgehead atoms. The molecule has 0 saturated carbocycles. The van der Waals surface area contributed by atoms with Gasteiger partial charge in [0, 0.05) is 12.5 Å². The van der Waals surface area contributed by atoms with E-state index in [1.54, 1.807) is 6.07 Å². The summed E-state index contributed by atoms with van der Waals surface area (Å²) >= 11 is 5.46. The summed E-state index contributed by atoms with van der Waals surface area (Å²) in [5.41, 5.74) is 2.63. The Morgan fingerprint density at radius 3 is 2.71 bits per heavy atom. The number of carbonyl (C=O) groups is 2. The van der Waals surface area contributed by atoms with Crippen LogP contribution in [0.2, 0.25) is 0 Å². The number of alkyl halides is 1. The van der Waals surface area contributed by atoms with Crippen molar-refractivity contribution < 1.29 is 14.7 Å². The fraction of sp³-hybridized carbons (Fsp3) is 0.231. The van der Waals surface area contributed by atoms with E-state index in [4.69, 9.17) is 16.7 Å². The molecule has 0 amide bonds. The van der Waals surface area contributed by atoms with E-state index in [2.05, 4.69) is 0 Å². The van der Waals surface area contributed by atoms with Crippen LogP contribution in [0.25, 0.3) is 6.08 Å². The lowest BCUT2D eigenvalue weighted by atomic mass is 10.0. The third-order valence-corrected chi connectivity index (χ3v) is 2.63. The number of hydrogen-bond donors (Lipinski definition) is 1. The normalized spacial score (nSPS) is 10.7. The molecule has 0 aliphatic rings. The highest BCUT2D eigenvalue weighted by molar-refractivity contribution is 6.27. The van der Waals surface area contributed by atoms with Gasteiger partial charge in [0.1, 0.15) is 0 Å². The number of carboxylic acids is 1. The number of Topliss-reactive ketones (excluding diaryl/α,β-unsaturated/α-hetero) is 1. The van der Waals surface area contributed by atoms with Crippen LogP contribution < -0.4 is 0 Å². The maximum absolute atomic E-state index is 11.3. The van der Waals surface area contributed by atoms with Crippen LogP contribution in [0.4, 0.5) is 0 Å². The van der Waals surface area contributed by atoms with Crippen molar-refractivity contribution in [3.63, 3.8) is 0 Å². The Kier molecular flexibility index (Phi) is 4.91. The predicted octanol–water partition coefficient (Wildman–Crippen LogP) is 2.44. The number of hydrogen-bond acceptors (Lipinski definition) is 2. The van der Waals surface area contributed by atoms with Gasteiger partial charge in [-0.05, 0) is 29.7 Å². The molecule has 0 aliphatic carbocycles. The highest BCUT2D eigenvalue weighted by Gasteiger charge is 2.05. The Morgan fingerprint density at radius 2 is 2.12 bits per heavy atom. The lowest BCUT2D eigenvalue weighted by Gasteiger charge is -2.05. The number of aliphatic carboxylic acids is 1. The van der Waals surface area contributed by atoms with E-state index in [9.17, 15) is 9.59 Å². The highest BCUT2D eigenvalue weighted by atomic mass is 35.5. The Morgan fingerprint density at radius 1 is 1.41 bits per heavy atom. The lowest BCUT2D eigenvalue weighted by Crippen LogP contribution is -2.05. The molecule has 3 nitrogen and oxygen atoms in total. The van der Waals surface area contributed by atoms with Crippen molar-refractivity contribution >= 4 is 29.4 Å². The zero-order chi connectivity index (χ0) is 12.8. The van der Waals surface area contributed by atoms with Crippen molar-refractivity contribution in [1.29, 1.82) is 0 Å². The van der Waals surface area contributed by atoms with Gasteiger partial charge >= 0.3 is 5.97 Å². The Labute approximate surface area is 105 Å². The average molecular weight is 253 g/mol. The molecule has 1 aromatic rings. The van der Waals surface area contributed by atoms with Crippen LogP contribution in [0.15, 0.2) is 24.3 Å². The summed E-state index contributed by atoms with van der Waals surface area (Å²) in [6.45, 7) is 1.90. The lowest BCUT2D eigenvalue weighted by molar-refractivity contribution is -0.131. The number of benzene rings is 1. The van der Waals surface area contributed by atoms with E-state index < -0.39 is 5.97 Å². The maximum Gasteiger partial charge on any atom is 0.328 e. The fourth-order valence-electron chi connectivity index (χ4n) is 1.41. The zero-order valence-corrected chi connectivity index (χ0v) is 10.2. The maximum atomic E-state index is 11.3. The van der Waals surface area contributed by atoms with Crippen LogP contribution in [0.5, 0.6) is 0 Å². The third kappa shape index (κ3) is 4.41. The van der Waals surface area contributed by atoms with Gasteiger partial charge in [0.2, 0.25) is 0 Å². The van der Waals surface area contributed by atoms with Gasteiger partial charge in [-0.3, -0.25) is 4.79 Å². The first kappa shape index (κ1) is 13.5. The molecule has 90 valence electrons. The molecule has 0 aliphatic heterocycles. The number of ketones is 1. The van der Waals surface area contributed by atoms with E-state index in [1.807, 2.05) is 19.1 Å². The second-order valence-electron chi connectivity index (χ2n) is 3.71. The van der Waals surface area contributed by atoms with Crippen LogP contribution in [0.1, 0.15) is 16.7 Å². The molecule has 1 rings (SSSR count). The first-order valence-electron chi connectivity index (χ1n) is 5.11. The number of halogens is 1. The smallest absolute Gasteiger partial charge is 0.328 e. The van der Waals surface area contributed by atoms with Gasteiger partial charge in [0.15, 0.2) is 5.78 Å². The minimum atomic E-state index is -0.996. The third-order valence-electron chi connectivity index (χ3n) is 2.33. The Balaban J connectivity index is 2.94. The van der Waals surface area contributed by atoms with E-state index >= 15 is 0 Å². The standard InChI is InChI=1S/C13H13ClO3/c1-9-2-3-10(4-5-13(16)17)6-11(9)7-12(15)8-14/h2-6H,7-8H2,1H3,(H,16,17)/b5-4+. The monoisotopic (exact) mass is 252 g/mol. The SMILES string of the molecule is Cc1ccc(/C=C/C(=O)O)cc1CC(=O)CCl. The first-order valence-corrected chi connectivity index (χ1v) is 5.64. The van der Waals surface area contributed by atoms with Crippen molar-refractivity contribution in [1.82, 2.24) is 0 Å². The molecular formula is C13H13ClO3. The Hall–Kier alpha value is -1.61. The molecule has 0 radical (unpaired) electrons. The van der Waals surface area contributed by atoms with Crippen LogP contribution in [-0.2, 0) is 16.0 Å². The molecule has 4 heteroatoms. The van der Waals surface area contributed by atoms with E-state index in [-0.39, 0.29) is 18.1 Å². The summed E-state index contributed by atoms with van der Waals surface area (Å²) < 4.78 is 0. The summed E-state index contributed by atoms with van der Waals surface area (Å²) in [5, 5.41) is 8.52. The van der Waals surface area contributed by atoms with Gasteiger partial charge in [-0.15, -0.1) is 11.6 Å². The summed E-state index contributed by atoms with van der Waals surface area (Å²) in [6.07, 6.45) is 2.85. The predicted molar refractivity (Wildman–Crippen MR) is 67.3 cm³/mol. The van der Waals surface area contributed by atoms with Gasteiger partial charge in [-0.1, -0.05) is 18.2 Å². The van der Waals surface area contributed by atoms with Crippen molar-refractivity contribution in [2.45, 2.75) is 13.3 Å². The molecule has 17 heavy (non-hydrogen) atoms. The van der Waals surface area contributed by atoms with E-state index in [0.29, 0.717) is 0 Å². The molecule has 0 saturated heterocycles. The van der Waals surface area contributed by atoms with Gasteiger partial charge < -0.3 is 5.11 Å². The number of carboxylic acid groups (broad SMARTS) is 1. The second kappa shape index (κ2) is 6.21. The molecular weight excluding hydrogens is 240 g/mol. The number of rotatable bonds is 5. The van der Waals surface area contributed by atoms with E-state index in [0.717, 1.165) is 22.8 Å². The second-order valence-corrected chi connectivity index (χ2v) is 3.97.